The van der Waals surface area contributed by atoms with Gasteiger partial charge in [0.2, 0.25) is 0 Å². The Balaban J connectivity index is 2.37. The van der Waals surface area contributed by atoms with Crippen LogP contribution in [0, 0.1) is 11.6 Å². The molecular formula is C10H5F2NO2S. The Hall–Kier alpha value is -1.43. The van der Waals surface area contributed by atoms with E-state index >= 15 is 0 Å². The van der Waals surface area contributed by atoms with Crippen LogP contribution < -0.4 is 4.90 Å². The monoisotopic (exact) mass is 241 g/mol. The van der Waals surface area contributed by atoms with Gasteiger partial charge in [-0.3, -0.25) is 9.59 Å². The first-order chi connectivity index (χ1) is 7.61. The molecule has 2 aliphatic heterocycles. The first kappa shape index (κ1) is 9.77. The Morgan fingerprint density at radius 1 is 1.31 bits per heavy atom. The average Bonchev–Trinajstić information content (AvgIpc) is 2.53. The standard InChI is InChI=1S/C10H5F2NO2S/c11-5-3-4-7-9(6(5)12)16-2-1-13(7)10(15)8(4)14/h3H,1-2H2. The van der Waals surface area contributed by atoms with Gasteiger partial charge in [0.1, 0.15) is 0 Å². The van der Waals surface area contributed by atoms with Crippen LogP contribution in [0.25, 0.3) is 0 Å². The lowest BCUT2D eigenvalue weighted by molar-refractivity contribution is -0.114. The number of carbonyl (C=O) groups excluding carboxylic acids is 2. The fraction of sp³-hybridized carbons (Fsp3) is 0.200. The van der Waals surface area contributed by atoms with Gasteiger partial charge in [0.05, 0.1) is 16.1 Å². The third-order valence-electron chi connectivity index (χ3n) is 2.67. The molecular weight excluding hydrogens is 236 g/mol. The van der Waals surface area contributed by atoms with Crippen molar-refractivity contribution in [2.24, 2.45) is 0 Å². The molecule has 2 heterocycles. The molecule has 0 N–H and O–H groups in total. The third kappa shape index (κ3) is 1.02. The van der Waals surface area contributed by atoms with Crippen LogP contribution >= 0.6 is 11.8 Å². The maximum Gasteiger partial charge on any atom is 0.299 e. The molecule has 0 aromatic heterocycles. The highest BCUT2D eigenvalue weighted by molar-refractivity contribution is 7.99. The van der Waals surface area contributed by atoms with E-state index in [4.69, 9.17) is 0 Å². The Labute approximate surface area is 93.4 Å². The average molecular weight is 241 g/mol. The zero-order valence-corrected chi connectivity index (χ0v) is 8.74. The fourth-order valence-corrected chi connectivity index (χ4v) is 3.02. The Morgan fingerprint density at radius 3 is 2.81 bits per heavy atom. The third-order valence-corrected chi connectivity index (χ3v) is 3.71. The second kappa shape index (κ2) is 3.04. The highest BCUT2D eigenvalue weighted by Crippen LogP contribution is 2.43. The number of hydrogen-bond acceptors (Lipinski definition) is 3. The molecule has 0 atom stereocenters. The van der Waals surface area contributed by atoms with Gasteiger partial charge in [0, 0.05) is 12.3 Å². The molecule has 6 heteroatoms. The van der Waals surface area contributed by atoms with E-state index in [2.05, 4.69) is 0 Å². The van der Waals surface area contributed by atoms with Crippen molar-refractivity contribution in [3.63, 3.8) is 0 Å². The zero-order chi connectivity index (χ0) is 11.4. The van der Waals surface area contributed by atoms with Crippen molar-refractivity contribution in [1.29, 1.82) is 0 Å². The van der Waals surface area contributed by atoms with Crippen molar-refractivity contribution in [1.82, 2.24) is 0 Å². The number of nitrogens with zero attached hydrogens (tertiary/aromatic N) is 1. The number of benzene rings is 1. The summed E-state index contributed by atoms with van der Waals surface area (Å²) < 4.78 is 26.7. The van der Waals surface area contributed by atoms with E-state index in [0.29, 0.717) is 12.3 Å². The SMILES string of the molecule is O=C1C(=O)N2CCSc3c(F)c(F)cc1c32. The number of rotatable bonds is 0. The number of hydrogen-bond donors (Lipinski definition) is 0. The van der Waals surface area contributed by atoms with Crippen LogP contribution in [-0.4, -0.2) is 24.0 Å². The van der Waals surface area contributed by atoms with E-state index in [1.807, 2.05) is 0 Å². The lowest BCUT2D eigenvalue weighted by Crippen LogP contribution is -2.33. The van der Waals surface area contributed by atoms with Gasteiger partial charge in [-0.15, -0.1) is 11.8 Å². The molecule has 0 saturated carbocycles. The highest BCUT2D eigenvalue weighted by Gasteiger charge is 2.41. The van der Waals surface area contributed by atoms with Crippen molar-refractivity contribution in [2.75, 3.05) is 17.2 Å². The maximum absolute atomic E-state index is 13.5. The zero-order valence-electron chi connectivity index (χ0n) is 7.92. The van der Waals surface area contributed by atoms with E-state index in [1.54, 1.807) is 0 Å². The maximum atomic E-state index is 13.5. The van der Waals surface area contributed by atoms with Gasteiger partial charge in [0.15, 0.2) is 11.6 Å². The quantitative estimate of drug-likeness (QED) is 0.647. The summed E-state index contributed by atoms with van der Waals surface area (Å²) >= 11 is 1.13. The molecule has 3 nitrogen and oxygen atoms in total. The van der Waals surface area contributed by atoms with Crippen LogP contribution in [-0.2, 0) is 4.79 Å². The fourth-order valence-electron chi connectivity index (χ4n) is 1.96. The van der Waals surface area contributed by atoms with Gasteiger partial charge in [-0.1, -0.05) is 0 Å². The molecule has 0 radical (unpaired) electrons. The summed E-state index contributed by atoms with van der Waals surface area (Å²) in [7, 11) is 0. The Kier molecular flexibility index (Phi) is 1.85. The van der Waals surface area contributed by atoms with E-state index in [-0.39, 0.29) is 16.1 Å². The van der Waals surface area contributed by atoms with Crippen LogP contribution in [0.3, 0.4) is 0 Å². The number of anilines is 1. The molecule has 0 fully saturated rings. The number of halogens is 2. The number of Topliss-reactive ketones (excluding diaryl/α,β-unsaturated/α-hetero) is 1. The molecule has 0 aliphatic carbocycles. The molecule has 0 bridgehead atoms. The first-order valence-corrected chi connectivity index (χ1v) is 5.61. The topological polar surface area (TPSA) is 37.4 Å². The van der Waals surface area contributed by atoms with E-state index in [9.17, 15) is 18.4 Å². The van der Waals surface area contributed by atoms with Crippen molar-refractivity contribution in [2.45, 2.75) is 4.90 Å². The summed E-state index contributed by atoms with van der Waals surface area (Å²) in [6, 6.07) is 0.806. The molecule has 0 unspecified atom stereocenters. The molecule has 1 amide bonds. The van der Waals surface area contributed by atoms with Crippen LogP contribution in [0.15, 0.2) is 11.0 Å². The minimum atomic E-state index is -1.08. The lowest BCUT2D eigenvalue weighted by atomic mass is 10.1. The second-order valence-corrected chi connectivity index (χ2v) is 4.64. The molecule has 0 spiro atoms. The number of ketones is 1. The smallest absolute Gasteiger partial charge is 0.299 e. The van der Waals surface area contributed by atoms with E-state index in [0.717, 1.165) is 17.8 Å². The normalized spacial score (nSPS) is 18.0. The van der Waals surface area contributed by atoms with Gasteiger partial charge in [-0.05, 0) is 6.07 Å². The molecule has 2 aliphatic rings. The van der Waals surface area contributed by atoms with Crippen molar-refractivity contribution in [3.8, 4) is 0 Å². The molecule has 3 rings (SSSR count). The van der Waals surface area contributed by atoms with Gasteiger partial charge < -0.3 is 4.90 Å². The summed E-state index contributed by atoms with van der Waals surface area (Å²) in [6.07, 6.45) is 0. The molecule has 82 valence electrons. The van der Waals surface area contributed by atoms with Gasteiger partial charge in [-0.2, -0.15) is 0 Å². The van der Waals surface area contributed by atoms with Crippen LogP contribution in [0.5, 0.6) is 0 Å². The van der Waals surface area contributed by atoms with Crippen LogP contribution in [0.1, 0.15) is 10.4 Å². The predicted octanol–water partition coefficient (Wildman–Crippen LogP) is 1.60. The number of thioether (sulfide) groups is 1. The summed E-state index contributed by atoms with van der Waals surface area (Å²) in [5.41, 5.74) is 0.219. The van der Waals surface area contributed by atoms with Crippen molar-refractivity contribution < 1.29 is 18.4 Å². The molecule has 16 heavy (non-hydrogen) atoms. The Bertz CT molecular complexity index is 544. The number of carbonyl (C=O) groups is 2. The minimum absolute atomic E-state index is 0.0221. The summed E-state index contributed by atoms with van der Waals surface area (Å²) in [5, 5.41) is 0. The summed E-state index contributed by atoms with van der Waals surface area (Å²) in [5.74, 6) is -3.03. The van der Waals surface area contributed by atoms with Crippen LogP contribution in [0.4, 0.5) is 14.5 Å². The summed E-state index contributed by atoms with van der Waals surface area (Å²) in [6.45, 7) is 0.361. The number of amides is 1. The first-order valence-electron chi connectivity index (χ1n) is 4.62. The minimum Gasteiger partial charge on any atom is -0.303 e. The van der Waals surface area contributed by atoms with Crippen molar-refractivity contribution >= 4 is 29.1 Å². The van der Waals surface area contributed by atoms with E-state index in [1.165, 1.54) is 4.90 Å². The Morgan fingerprint density at radius 2 is 2.06 bits per heavy atom. The van der Waals surface area contributed by atoms with E-state index < -0.39 is 23.3 Å². The van der Waals surface area contributed by atoms with Gasteiger partial charge >= 0.3 is 0 Å². The second-order valence-electron chi connectivity index (χ2n) is 3.53. The van der Waals surface area contributed by atoms with Crippen molar-refractivity contribution in [3.05, 3.63) is 23.3 Å². The lowest BCUT2D eigenvalue weighted by Gasteiger charge is -2.24. The molecule has 0 saturated heterocycles. The van der Waals surface area contributed by atoms with Gasteiger partial charge in [0.25, 0.3) is 11.7 Å². The highest BCUT2D eigenvalue weighted by atomic mass is 32.2. The van der Waals surface area contributed by atoms with Crippen LogP contribution in [0.2, 0.25) is 0 Å². The predicted molar refractivity (Wildman–Crippen MR) is 53.8 cm³/mol. The molecule has 1 aromatic rings. The molecule has 1 aromatic carbocycles. The summed E-state index contributed by atoms with van der Waals surface area (Å²) in [4.78, 5) is 24.3. The van der Waals surface area contributed by atoms with Gasteiger partial charge in [-0.25, -0.2) is 8.78 Å². The largest absolute Gasteiger partial charge is 0.303 e.